The van der Waals surface area contributed by atoms with Gasteiger partial charge in [0.05, 0.1) is 12.0 Å². The molecule has 0 bridgehead atoms. The molecule has 3 rings (SSSR count). The number of aliphatic hydroxyl groups is 1. The van der Waals surface area contributed by atoms with Crippen molar-refractivity contribution in [3.63, 3.8) is 0 Å². The SMILES string of the molecule is O=C(OCc1ccccc1)N1C[C@@]2(CO)C[C@@]2(C(F)(F)F)C1. The summed E-state index contributed by atoms with van der Waals surface area (Å²) in [7, 11) is 0. The summed E-state index contributed by atoms with van der Waals surface area (Å²) in [6, 6.07) is 8.92. The Morgan fingerprint density at radius 3 is 2.50 bits per heavy atom. The minimum Gasteiger partial charge on any atom is -0.445 e. The molecule has 1 aliphatic heterocycles. The smallest absolute Gasteiger partial charge is 0.410 e. The largest absolute Gasteiger partial charge is 0.445 e. The van der Waals surface area contributed by atoms with Crippen molar-refractivity contribution in [2.75, 3.05) is 19.7 Å². The van der Waals surface area contributed by atoms with Gasteiger partial charge in [0.25, 0.3) is 0 Å². The lowest BCUT2D eigenvalue weighted by Gasteiger charge is -2.22. The number of benzene rings is 1. The van der Waals surface area contributed by atoms with Crippen molar-refractivity contribution in [1.82, 2.24) is 4.90 Å². The molecule has 22 heavy (non-hydrogen) atoms. The minimum atomic E-state index is -4.43. The minimum absolute atomic E-state index is 0.0152. The van der Waals surface area contributed by atoms with Gasteiger partial charge < -0.3 is 14.7 Å². The van der Waals surface area contributed by atoms with Gasteiger partial charge in [-0.15, -0.1) is 0 Å². The van der Waals surface area contributed by atoms with Crippen LogP contribution in [0.3, 0.4) is 0 Å². The van der Waals surface area contributed by atoms with Crippen LogP contribution < -0.4 is 0 Å². The highest BCUT2D eigenvalue weighted by Crippen LogP contribution is 2.74. The number of likely N-dealkylation sites (tertiary alicyclic amines) is 1. The number of fused-ring (bicyclic) bond motifs is 1. The number of aliphatic hydroxyl groups excluding tert-OH is 1. The standard InChI is InChI=1S/C15H16F3NO3/c16-15(17,18)14-7-13(14,10-20)8-19(9-14)12(21)22-6-11-4-2-1-3-5-11/h1-5,20H,6-10H2/t13-,14-/m1/s1. The topological polar surface area (TPSA) is 49.8 Å². The van der Waals surface area contributed by atoms with E-state index >= 15 is 0 Å². The predicted octanol–water partition coefficient (Wildman–Crippen LogP) is 2.57. The van der Waals surface area contributed by atoms with E-state index in [-0.39, 0.29) is 19.6 Å². The highest BCUT2D eigenvalue weighted by molar-refractivity contribution is 5.69. The van der Waals surface area contributed by atoms with Crippen molar-refractivity contribution in [1.29, 1.82) is 0 Å². The fraction of sp³-hybridized carbons (Fsp3) is 0.533. The van der Waals surface area contributed by atoms with Gasteiger partial charge in [0.1, 0.15) is 6.61 Å². The Balaban J connectivity index is 1.64. The van der Waals surface area contributed by atoms with E-state index in [0.29, 0.717) is 0 Å². The van der Waals surface area contributed by atoms with Crippen LogP contribution in [0.2, 0.25) is 0 Å². The number of hydrogen-bond donors (Lipinski definition) is 1. The number of rotatable bonds is 3. The highest BCUT2D eigenvalue weighted by atomic mass is 19.4. The maximum atomic E-state index is 13.2. The van der Waals surface area contributed by atoms with Crippen LogP contribution in [-0.4, -0.2) is 42.0 Å². The second-order valence-electron chi connectivity index (χ2n) is 6.09. The Labute approximate surface area is 125 Å². The van der Waals surface area contributed by atoms with Crippen LogP contribution in [0, 0.1) is 10.8 Å². The summed E-state index contributed by atoms with van der Waals surface area (Å²) in [5.41, 5.74) is -2.46. The predicted molar refractivity (Wildman–Crippen MR) is 70.8 cm³/mol. The number of piperidine rings is 1. The molecule has 1 saturated heterocycles. The van der Waals surface area contributed by atoms with Gasteiger partial charge in [-0.05, 0) is 12.0 Å². The van der Waals surface area contributed by atoms with Gasteiger partial charge in [0.2, 0.25) is 0 Å². The Hall–Kier alpha value is -1.76. The summed E-state index contributed by atoms with van der Waals surface area (Å²) in [6.07, 6.45) is -5.32. The third kappa shape index (κ3) is 2.15. The van der Waals surface area contributed by atoms with E-state index in [2.05, 4.69) is 0 Å². The Kier molecular flexibility index (Phi) is 3.36. The summed E-state index contributed by atoms with van der Waals surface area (Å²) in [4.78, 5) is 13.0. The van der Waals surface area contributed by atoms with Crippen LogP contribution in [0.15, 0.2) is 30.3 Å². The maximum Gasteiger partial charge on any atom is 0.410 e. The van der Waals surface area contributed by atoms with Crippen LogP contribution >= 0.6 is 0 Å². The van der Waals surface area contributed by atoms with Gasteiger partial charge in [0, 0.05) is 18.5 Å². The number of amides is 1. The van der Waals surface area contributed by atoms with Gasteiger partial charge in [-0.25, -0.2) is 4.79 Å². The van der Waals surface area contributed by atoms with Crippen molar-refractivity contribution in [2.24, 2.45) is 10.8 Å². The van der Waals surface area contributed by atoms with Crippen LogP contribution in [-0.2, 0) is 11.3 Å². The molecule has 2 aliphatic rings. The number of carbonyl (C=O) groups excluding carboxylic acids is 1. The molecular formula is C15H16F3NO3. The van der Waals surface area contributed by atoms with Crippen molar-refractivity contribution >= 4 is 6.09 Å². The molecule has 1 aromatic carbocycles. The zero-order chi connectivity index (χ0) is 16.0. The van der Waals surface area contributed by atoms with Gasteiger partial charge in [-0.1, -0.05) is 30.3 Å². The van der Waals surface area contributed by atoms with Crippen molar-refractivity contribution in [2.45, 2.75) is 19.2 Å². The number of ether oxygens (including phenoxy) is 1. The van der Waals surface area contributed by atoms with Crippen molar-refractivity contribution in [3.8, 4) is 0 Å². The summed E-state index contributed by atoms with van der Waals surface area (Å²) in [5, 5.41) is 9.32. The Morgan fingerprint density at radius 2 is 1.95 bits per heavy atom. The van der Waals surface area contributed by atoms with E-state index in [1.54, 1.807) is 24.3 Å². The molecule has 1 saturated carbocycles. The fourth-order valence-electron chi connectivity index (χ4n) is 3.40. The van der Waals surface area contributed by atoms with Gasteiger partial charge >= 0.3 is 12.3 Å². The quantitative estimate of drug-likeness (QED) is 0.933. The first kappa shape index (κ1) is 15.1. The second-order valence-corrected chi connectivity index (χ2v) is 6.09. The molecular weight excluding hydrogens is 299 g/mol. The van der Waals surface area contributed by atoms with E-state index in [1.165, 1.54) is 0 Å². The first-order valence-corrected chi connectivity index (χ1v) is 6.97. The van der Waals surface area contributed by atoms with Crippen LogP contribution in [0.25, 0.3) is 0 Å². The molecule has 1 N–H and O–H groups in total. The number of carbonyl (C=O) groups is 1. The number of hydrogen-bond acceptors (Lipinski definition) is 3. The molecule has 1 aliphatic carbocycles. The molecule has 1 heterocycles. The Bertz CT molecular complexity index is 577. The summed E-state index contributed by atoms with van der Waals surface area (Å²) < 4.78 is 44.7. The van der Waals surface area contributed by atoms with E-state index in [0.717, 1.165) is 10.5 Å². The number of alkyl halides is 3. The van der Waals surface area contributed by atoms with E-state index in [9.17, 15) is 23.1 Å². The van der Waals surface area contributed by atoms with Crippen molar-refractivity contribution < 1.29 is 27.8 Å². The van der Waals surface area contributed by atoms with E-state index < -0.39 is 36.3 Å². The molecule has 2 atom stereocenters. The molecule has 120 valence electrons. The zero-order valence-corrected chi connectivity index (χ0v) is 11.8. The van der Waals surface area contributed by atoms with E-state index in [4.69, 9.17) is 4.74 Å². The number of halogens is 3. The summed E-state index contributed by atoms with van der Waals surface area (Å²) in [5.74, 6) is 0. The fourth-order valence-corrected chi connectivity index (χ4v) is 3.40. The van der Waals surface area contributed by atoms with Crippen molar-refractivity contribution in [3.05, 3.63) is 35.9 Å². The normalized spacial score (nSPS) is 30.1. The third-order valence-electron chi connectivity index (χ3n) is 4.79. The lowest BCUT2D eigenvalue weighted by molar-refractivity contribution is -0.194. The van der Waals surface area contributed by atoms with Gasteiger partial charge in [-0.2, -0.15) is 13.2 Å². The van der Waals surface area contributed by atoms with Gasteiger partial charge in [0.15, 0.2) is 0 Å². The lowest BCUT2D eigenvalue weighted by atomic mass is 9.97. The molecule has 0 unspecified atom stereocenters. The Morgan fingerprint density at radius 1 is 1.27 bits per heavy atom. The molecule has 1 amide bonds. The molecule has 2 fully saturated rings. The average Bonchev–Trinajstić information content (AvgIpc) is 3.03. The highest BCUT2D eigenvalue weighted by Gasteiger charge is 2.83. The van der Waals surface area contributed by atoms with Crippen LogP contribution in [0.5, 0.6) is 0 Å². The van der Waals surface area contributed by atoms with Crippen LogP contribution in [0.1, 0.15) is 12.0 Å². The van der Waals surface area contributed by atoms with Gasteiger partial charge in [-0.3, -0.25) is 0 Å². The molecule has 0 spiro atoms. The monoisotopic (exact) mass is 315 g/mol. The molecule has 7 heteroatoms. The average molecular weight is 315 g/mol. The molecule has 4 nitrogen and oxygen atoms in total. The molecule has 0 aromatic heterocycles. The summed E-state index contributed by atoms with van der Waals surface area (Å²) >= 11 is 0. The summed E-state index contributed by atoms with van der Waals surface area (Å²) in [6.45, 7) is -1.11. The van der Waals surface area contributed by atoms with E-state index in [1.807, 2.05) is 6.07 Å². The van der Waals surface area contributed by atoms with Crippen LogP contribution in [0.4, 0.5) is 18.0 Å². The third-order valence-corrected chi connectivity index (χ3v) is 4.79. The zero-order valence-electron chi connectivity index (χ0n) is 11.8. The lowest BCUT2D eigenvalue weighted by Crippen LogP contribution is -2.36. The first-order chi connectivity index (χ1) is 10.3. The second kappa shape index (κ2) is 4.87. The molecule has 1 aromatic rings. The molecule has 0 radical (unpaired) electrons. The maximum absolute atomic E-state index is 13.2. The number of nitrogens with zero attached hydrogens (tertiary/aromatic N) is 1. The first-order valence-electron chi connectivity index (χ1n) is 6.97.